The molecule has 1 aromatic rings. The number of amides is 1. The van der Waals surface area contributed by atoms with Crippen LogP contribution in [0.1, 0.15) is 39.0 Å². The Kier molecular flexibility index (Phi) is 4.15. The number of sulfonamides is 1. The van der Waals surface area contributed by atoms with Gasteiger partial charge in [0.25, 0.3) is 10.0 Å². The molecule has 1 atom stereocenters. The van der Waals surface area contributed by atoms with Crippen LogP contribution in [0.25, 0.3) is 0 Å². The number of piperidine rings is 1. The lowest BCUT2D eigenvalue weighted by molar-refractivity contribution is -0.145. The van der Waals surface area contributed by atoms with E-state index in [1.807, 2.05) is 11.8 Å². The van der Waals surface area contributed by atoms with Gasteiger partial charge in [-0.15, -0.1) is 0 Å². The molecule has 1 aliphatic carbocycles. The van der Waals surface area contributed by atoms with Crippen molar-refractivity contribution in [3.63, 3.8) is 0 Å². The fraction of sp³-hybridized carbons (Fsp3) is 0.765. The molecule has 3 aliphatic rings. The third-order valence-corrected chi connectivity index (χ3v) is 7.77. The van der Waals surface area contributed by atoms with Crippen molar-refractivity contribution < 1.29 is 13.2 Å². The predicted octanol–water partition coefficient (Wildman–Crippen LogP) is 1.32. The molecule has 7 nitrogen and oxygen atoms in total. The zero-order valence-corrected chi connectivity index (χ0v) is 15.5. The van der Waals surface area contributed by atoms with Crippen LogP contribution in [0.4, 0.5) is 0 Å². The van der Waals surface area contributed by atoms with Gasteiger partial charge in [-0.25, -0.2) is 8.42 Å². The summed E-state index contributed by atoms with van der Waals surface area (Å²) < 4.78 is 29.0. The fourth-order valence-corrected chi connectivity index (χ4v) is 5.95. The van der Waals surface area contributed by atoms with Crippen molar-refractivity contribution in [2.45, 2.75) is 50.6 Å². The molecule has 3 fully saturated rings. The van der Waals surface area contributed by atoms with Crippen LogP contribution in [0.3, 0.4) is 0 Å². The summed E-state index contributed by atoms with van der Waals surface area (Å²) in [6.07, 6.45) is 6.36. The van der Waals surface area contributed by atoms with E-state index in [2.05, 4.69) is 5.10 Å². The number of carbonyl (C=O) groups excluding carboxylic acids is 1. The quantitative estimate of drug-likeness (QED) is 0.787. The summed E-state index contributed by atoms with van der Waals surface area (Å²) in [4.78, 5) is 15.1. The molecule has 1 spiro atoms. The average Bonchev–Trinajstić information content (AvgIpc) is 3.11. The molecule has 4 rings (SSSR count). The maximum atomic E-state index is 13.1. The Morgan fingerprint density at radius 1 is 1.28 bits per heavy atom. The summed E-state index contributed by atoms with van der Waals surface area (Å²) >= 11 is 0. The van der Waals surface area contributed by atoms with Crippen LogP contribution in [0.5, 0.6) is 0 Å². The van der Waals surface area contributed by atoms with Crippen LogP contribution >= 0.6 is 0 Å². The first-order chi connectivity index (χ1) is 12.0. The lowest BCUT2D eigenvalue weighted by Crippen LogP contribution is -2.51. The number of nitrogens with zero attached hydrogens (tertiary/aromatic N) is 4. The number of carbonyl (C=O) groups is 1. The molecule has 1 aromatic heterocycles. The van der Waals surface area contributed by atoms with Gasteiger partial charge in [0.2, 0.25) is 5.91 Å². The van der Waals surface area contributed by atoms with Gasteiger partial charge in [-0.3, -0.25) is 9.48 Å². The molecule has 0 radical (unpaired) electrons. The highest BCUT2D eigenvalue weighted by molar-refractivity contribution is 7.89. The molecular formula is C17H26N4O3S. The third-order valence-electron chi connectivity index (χ3n) is 5.90. The molecule has 2 saturated heterocycles. The summed E-state index contributed by atoms with van der Waals surface area (Å²) in [7, 11) is -3.60. The van der Waals surface area contributed by atoms with Crippen LogP contribution < -0.4 is 0 Å². The first-order valence-corrected chi connectivity index (χ1v) is 10.7. The Hall–Kier alpha value is -1.41. The Balaban J connectivity index is 1.54. The first kappa shape index (κ1) is 17.0. The lowest BCUT2D eigenvalue weighted by Gasteiger charge is -2.39. The molecular weight excluding hydrogens is 340 g/mol. The normalized spacial score (nSPS) is 28.2. The average molecular weight is 366 g/mol. The van der Waals surface area contributed by atoms with Gasteiger partial charge in [0.1, 0.15) is 0 Å². The van der Waals surface area contributed by atoms with Crippen molar-refractivity contribution in [2.75, 3.05) is 26.2 Å². The largest absolute Gasteiger partial charge is 0.342 e. The Morgan fingerprint density at radius 2 is 2.08 bits per heavy atom. The molecule has 0 aromatic carbocycles. The van der Waals surface area contributed by atoms with Crippen LogP contribution in [0.15, 0.2) is 17.3 Å². The third kappa shape index (κ3) is 2.89. The molecule has 0 unspecified atom stereocenters. The molecule has 25 heavy (non-hydrogen) atoms. The summed E-state index contributed by atoms with van der Waals surface area (Å²) in [5, 5.41) is 4.31. The number of hydrogen-bond donors (Lipinski definition) is 0. The van der Waals surface area contributed by atoms with Crippen LogP contribution in [-0.4, -0.2) is 59.5 Å². The topological polar surface area (TPSA) is 75.5 Å². The SMILES string of the molecule is CCn1nccc1S(=O)(=O)N1CC[C@]2(CCCN(CC3CC3)C2=O)C1. The van der Waals surface area contributed by atoms with Gasteiger partial charge in [0.15, 0.2) is 5.03 Å². The van der Waals surface area contributed by atoms with E-state index in [-0.39, 0.29) is 10.9 Å². The summed E-state index contributed by atoms with van der Waals surface area (Å²) in [5.41, 5.74) is -0.517. The molecule has 2 aliphatic heterocycles. The summed E-state index contributed by atoms with van der Waals surface area (Å²) in [6.45, 7) is 4.79. The highest BCUT2D eigenvalue weighted by Crippen LogP contribution is 2.43. The molecule has 3 heterocycles. The highest BCUT2D eigenvalue weighted by Gasteiger charge is 2.51. The van der Waals surface area contributed by atoms with Crippen molar-refractivity contribution in [1.82, 2.24) is 19.0 Å². The maximum absolute atomic E-state index is 13.1. The van der Waals surface area contributed by atoms with Gasteiger partial charge < -0.3 is 4.90 Å². The van der Waals surface area contributed by atoms with E-state index in [9.17, 15) is 13.2 Å². The highest BCUT2D eigenvalue weighted by atomic mass is 32.2. The molecule has 0 bridgehead atoms. The summed E-state index contributed by atoms with van der Waals surface area (Å²) in [5.74, 6) is 0.839. The van der Waals surface area contributed by atoms with E-state index in [4.69, 9.17) is 0 Å². The van der Waals surface area contributed by atoms with Crippen LogP contribution in [0, 0.1) is 11.3 Å². The maximum Gasteiger partial charge on any atom is 0.260 e. The minimum atomic E-state index is -3.60. The monoisotopic (exact) mass is 366 g/mol. The van der Waals surface area contributed by atoms with Crippen LogP contribution in [0.2, 0.25) is 0 Å². The van der Waals surface area contributed by atoms with E-state index in [1.165, 1.54) is 28.0 Å². The van der Waals surface area contributed by atoms with Crippen molar-refractivity contribution in [3.05, 3.63) is 12.3 Å². The zero-order chi connectivity index (χ0) is 17.7. The van der Waals surface area contributed by atoms with E-state index in [0.717, 1.165) is 25.9 Å². The Labute approximate surface area is 149 Å². The number of likely N-dealkylation sites (tertiary alicyclic amines) is 1. The van der Waals surface area contributed by atoms with Crippen molar-refractivity contribution in [1.29, 1.82) is 0 Å². The number of aryl methyl sites for hydroxylation is 1. The van der Waals surface area contributed by atoms with Crippen molar-refractivity contribution in [2.24, 2.45) is 11.3 Å². The van der Waals surface area contributed by atoms with E-state index in [0.29, 0.717) is 32.0 Å². The predicted molar refractivity (Wildman–Crippen MR) is 92.2 cm³/mol. The fourth-order valence-electron chi connectivity index (χ4n) is 4.27. The van der Waals surface area contributed by atoms with Crippen molar-refractivity contribution >= 4 is 15.9 Å². The number of rotatable bonds is 5. The lowest BCUT2D eigenvalue weighted by atomic mass is 9.78. The second-order valence-corrected chi connectivity index (χ2v) is 9.54. The standard InChI is InChI=1S/C17H26N4O3S/c1-2-21-15(6-9-18-21)25(23,24)20-11-8-17(13-20)7-3-10-19(16(17)22)12-14-4-5-14/h6,9,14H,2-5,7-8,10-13H2,1H3/t17-/m1/s1. The van der Waals surface area contributed by atoms with E-state index in [1.54, 1.807) is 6.07 Å². The summed E-state index contributed by atoms with van der Waals surface area (Å²) in [6, 6.07) is 1.55. The molecule has 1 amide bonds. The van der Waals surface area contributed by atoms with Gasteiger partial charge in [-0.1, -0.05) is 0 Å². The second kappa shape index (κ2) is 6.09. The smallest absolute Gasteiger partial charge is 0.260 e. The van der Waals surface area contributed by atoms with Gasteiger partial charge in [-0.2, -0.15) is 9.40 Å². The molecule has 8 heteroatoms. The number of hydrogen-bond acceptors (Lipinski definition) is 4. The zero-order valence-electron chi connectivity index (χ0n) is 14.7. The van der Waals surface area contributed by atoms with E-state index >= 15 is 0 Å². The van der Waals surface area contributed by atoms with E-state index < -0.39 is 15.4 Å². The molecule has 1 saturated carbocycles. The molecule has 0 N–H and O–H groups in total. The second-order valence-electron chi connectivity index (χ2n) is 7.65. The van der Waals surface area contributed by atoms with Gasteiger partial charge in [-0.05, 0) is 51.0 Å². The molecule has 138 valence electrons. The minimum Gasteiger partial charge on any atom is -0.342 e. The van der Waals surface area contributed by atoms with Crippen molar-refractivity contribution in [3.8, 4) is 0 Å². The number of aromatic nitrogens is 2. The van der Waals surface area contributed by atoms with Gasteiger partial charge >= 0.3 is 0 Å². The Morgan fingerprint density at radius 3 is 2.80 bits per heavy atom. The first-order valence-electron chi connectivity index (χ1n) is 9.28. The van der Waals surface area contributed by atoms with Gasteiger partial charge in [0, 0.05) is 32.7 Å². The minimum absolute atomic E-state index is 0.173. The van der Waals surface area contributed by atoms with Gasteiger partial charge in [0.05, 0.1) is 11.6 Å². The van der Waals surface area contributed by atoms with Crippen LogP contribution in [-0.2, 0) is 21.4 Å². The Bertz CT molecular complexity index is 771.